The average molecular weight is 391 g/mol. The van der Waals surface area contributed by atoms with Crippen LogP contribution in [-0.2, 0) is 14.8 Å². The molecule has 0 spiro atoms. The van der Waals surface area contributed by atoms with Crippen molar-refractivity contribution >= 4 is 39.1 Å². The number of carbonyl (C=O) groups is 1. The van der Waals surface area contributed by atoms with E-state index in [1.165, 1.54) is 4.31 Å². The van der Waals surface area contributed by atoms with Crippen molar-refractivity contribution in [2.75, 3.05) is 25.4 Å². The highest BCUT2D eigenvalue weighted by molar-refractivity contribution is 7.89. The standard InChI is InChI=1S/C16H20Cl2N2O3S/c17-13-5-4-12(11-14(13)18)15-3-1-8-20(15)16(21)6-9-19-7-2-10-24(19,22)23/h4-5,11,15H,1-3,6-10H2. The third-order valence-electron chi connectivity index (χ3n) is 4.68. The molecule has 1 atom stereocenters. The summed E-state index contributed by atoms with van der Waals surface area (Å²) in [6.07, 6.45) is 2.67. The van der Waals surface area contributed by atoms with Crippen LogP contribution in [0.2, 0.25) is 10.0 Å². The summed E-state index contributed by atoms with van der Waals surface area (Å²) in [7, 11) is -3.15. The van der Waals surface area contributed by atoms with E-state index in [9.17, 15) is 13.2 Å². The van der Waals surface area contributed by atoms with Crippen LogP contribution in [0.4, 0.5) is 0 Å². The van der Waals surface area contributed by atoms with E-state index >= 15 is 0 Å². The summed E-state index contributed by atoms with van der Waals surface area (Å²) in [5.74, 6) is 0.183. The van der Waals surface area contributed by atoms with Gasteiger partial charge in [-0.2, -0.15) is 0 Å². The summed E-state index contributed by atoms with van der Waals surface area (Å²) >= 11 is 12.0. The summed E-state index contributed by atoms with van der Waals surface area (Å²) in [4.78, 5) is 14.4. The average Bonchev–Trinajstić information content (AvgIpc) is 3.14. The summed E-state index contributed by atoms with van der Waals surface area (Å²) in [5, 5.41) is 0.979. The molecule has 2 aliphatic heterocycles. The monoisotopic (exact) mass is 390 g/mol. The maximum absolute atomic E-state index is 12.6. The molecule has 1 aromatic rings. The van der Waals surface area contributed by atoms with Crippen molar-refractivity contribution in [3.8, 4) is 0 Å². The van der Waals surface area contributed by atoms with Crippen LogP contribution in [0.1, 0.15) is 37.3 Å². The van der Waals surface area contributed by atoms with Gasteiger partial charge in [-0.25, -0.2) is 12.7 Å². The van der Waals surface area contributed by atoms with Crippen LogP contribution in [0.3, 0.4) is 0 Å². The number of nitrogens with zero attached hydrogens (tertiary/aromatic N) is 2. The van der Waals surface area contributed by atoms with Crippen molar-refractivity contribution < 1.29 is 13.2 Å². The number of rotatable bonds is 4. The molecule has 8 heteroatoms. The molecule has 24 heavy (non-hydrogen) atoms. The highest BCUT2D eigenvalue weighted by Crippen LogP contribution is 2.35. The number of likely N-dealkylation sites (tertiary alicyclic amines) is 1. The van der Waals surface area contributed by atoms with Crippen LogP contribution in [0.25, 0.3) is 0 Å². The van der Waals surface area contributed by atoms with Crippen molar-refractivity contribution in [2.24, 2.45) is 0 Å². The molecule has 2 saturated heterocycles. The maximum atomic E-state index is 12.6. The van der Waals surface area contributed by atoms with Crippen LogP contribution in [0.15, 0.2) is 18.2 Å². The molecule has 0 bridgehead atoms. The Kier molecular flexibility index (Phi) is 5.39. The second-order valence-electron chi connectivity index (χ2n) is 6.24. The molecule has 2 heterocycles. The molecule has 0 aromatic heterocycles. The first-order chi connectivity index (χ1) is 11.4. The molecule has 132 valence electrons. The first-order valence-corrected chi connectivity index (χ1v) is 10.5. The second kappa shape index (κ2) is 7.20. The van der Waals surface area contributed by atoms with E-state index in [2.05, 4.69) is 0 Å². The van der Waals surface area contributed by atoms with E-state index in [1.807, 2.05) is 17.0 Å². The first kappa shape index (κ1) is 18.0. The van der Waals surface area contributed by atoms with Crippen LogP contribution in [-0.4, -0.2) is 48.9 Å². The highest BCUT2D eigenvalue weighted by atomic mass is 35.5. The predicted molar refractivity (Wildman–Crippen MR) is 94.7 cm³/mol. The van der Waals surface area contributed by atoms with Gasteiger partial charge < -0.3 is 4.90 Å². The van der Waals surface area contributed by atoms with Gasteiger partial charge in [0.15, 0.2) is 0 Å². The molecule has 5 nitrogen and oxygen atoms in total. The SMILES string of the molecule is O=C(CCN1CCCS1(=O)=O)N1CCCC1c1ccc(Cl)c(Cl)c1. The number of benzene rings is 1. The Morgan fingerprint density at radius 2 is 1.96 bits per heavy atom. The lowest BCUT2D eigenvalue weighted by Gasteiger charge is -2.26. The molecule has 1 amide bonds. The van der Waals surface area contributed by atoms with Gasteiger partial charge in [0.1, 0.15) is 0 Å². The number of carbonyl (C=O) groups excluding carboxylic acids is 1. The Balaban J connectivity index is 1.66. The molecule has 1 unspecified atom stereocenters. The van der Waals surface area contributed by atoms with Gasteiger partial charge in [0, 0.05) is 26.1 Å². The molecular weight excluding hydrogens is 371 g/mol. The minimum atomic E-state index is -3.15. The largest absolute Gasteiger partial charge is 0.336 e. The van der Waals surface area contributed by atoms with Gasteiger partial charge in [-0.15, -0.1) is 0 Å². The molecule has 2 fully saturated rings. The molecule has 0 N–H and O–H groups in total. The molecule has 3 rings (SSSR count). The van der Waals surface area contributed by atoms with Crippen molar-refractivity contribution in [1.29, 1.82) is 0 Å². The van der Waals surface area contributed by atoms with Gasteiger partial charge in [-0.05, 0) is 37.0 Å². The Labute approximate surface area is 152 Å². The van der Waals surface area contributed by atoms with E-state index in [-0.39, 0.29) is 30.7 Å². The van der Waals surface area contributed by atoms with Crippen molar-refractivity contribution in [2.45, 2.75) is 31.7 Å². The van der Waals surface area contributed by atoms with Crippen molar-refractivity contribution in [1.82, 2.24) is 9.21 Å². The quantitative estimate of drug-likeness (QED) is 0.793. The van der Waals surface area contributed by atoms with Gasteiger partial charge >= 0.3 is 0 Å². The first-order valence-electron chi connectivity index (χ1n) is 8.11. The van der Waals surface area contributed by atoms with Gasteiger partial charge in [0.05, 0.1) is 21.8 Å². The zero-order chi connectivity index (χ0) is 17.3. The van der Waals surface area contributed by atoms with Crippen molar-refractivity contribution in [3.63, 3.8) is 0 Å². The third-order valence-corrected chi connectivity index (χ3v) is 7.38. The fourth-order valence-electron chi connectivity index (χ4n) is 3.44. The summed E-state index contributed by atoms with van der Waals surface area (Å²) < 4.78 is 25.1. The van der Waals surface area contributed by atoms with Crippen LogP contribution >= 0.6 is 23.2 Å². The minimum Gasteiger partial charge on any atom is -0.336 e. The molecule has 0 saturated carbocycles. The Bertz CT molecular complexity index is 739. The second-order valence-corrected chi connectivity index (χ2v) is 9.14. The van der Waals surface area contributed by atoms with E-state index in [4.69, 9.17) is 23.2 Å². The number of halogens is 2. The Morgan fingerprint density at radius 3 is 2.62 bits per heavy atom. The molecule has 0 radical (unpaired) electrons. The van der Waals surface area contributed by atoms with E-state index in [1.54, 1.807) is 6.07 Å². The number of hydrogen-bond donors (Lipinski definition) is 0. The Hall–Kier alpha value is -0.820. The van der Waals surface area contributed by atoms with Gasteiger partial charge in [-0.1, -0.05) is 29.3 Å². The summed E-state index contributed by atoms with van der Waals surface area (Å²) in [6, 6.07) is 5.44. The minimum absolute atomic E-state index is 0.00864. The smallest absolute Gasteiger partial charge is 0.224 e. The molecular formula is C16H20Cl2N2O3S. The summed E-state index contributed by atoms with van der Waals surface area (Å²) in [6.45, 7) is 1.48. The molecule has 0 aliphatic carbocycles. The molecule has 1 aromatic carbocycles. The highest BCUT2D eigenvalue weighted by Gasteiger charge is 2.32. The Morgan fingerprint density at radius 1 is 1.17 bits per heavy atom. The van der Waals surface area contributed by atoms with E-state index < -0.39 is 10.0 Å². The number of sulfonamides is 1. The lowest BCUT2D eigenvalue weighted by atomic mass is 10.0. The molecule has 2 aliphatic rings. The predicted octanol–water partition coefficient (Wildman–Crippen LogP) is 3.08. The topological polar surface area (TPSA) is 57.7 Å². The van der Waals surface area contributed by atoms with Crippen LogP contribution in [0.5, 0.6) is 0 Å². The number of hydrogen-bond acceptors (Lipinski definition) is 3. The van der Waals surface area contributed by atoms with Gasteiger partial charge in [-0.3, -0.25) is 4.79 Å². The van der Waals surface area contributed by atoms with Crippen molar-refractivity contribution in [3.05, 3.63) is 33.8 Å². The third kappa shape index (κ3) is 3.72. The van der Waals surface area contributed by atoms with Crippen LogP contribution < -0.4 is 0 Å². The fourth-order valence-corrected chi connectivity index (χ4v) is 5.27. The number of amides is 1. The normalized spacial score (nSPS) is 23.8. The van der Waals surface area contributed by atoms with Gasteiger partial charge in [0.25, 0.3) is 0 Å². The zero-order valence-electron chi connectivity index (χ0n) is 13.2. The summed E-state index contributed by atoms with van der Waals surface area (Å²) in [5.41, 5.74) is 0.976. The fraction of sp³-hybridized carbons (Fsp3) is 0.562. The van der Waals surface area contributed by atoms with Gasteiger partial charge in [0.2, 0.25) is 15.9 Å². The lowest BCUT2D eigenvalue weighted by molar-refractivity contribution is -0.132. The van der Waals surface area contributed by atoms with E-state index in [0.29, 0.717) is 29.6 Å². The maximum Gasteiger partial charge on any atom is 0.224 e. The van der Waals surface area contributed by atoms with Crippen LogP contribution in [0, 0.1) is 0 Å². The lowest BCUT2D eigenvalue weighted by Crippen LogP contribution is -2.35. The van der Waals surface area contributed by atoms with E-state index in [0.717, 1.165) is 18.4 Å². The zero-order valence-corrected chi connectivity index (χ0v) is 15.6.